The van der Waals surface area contributed by atoms with E-state index in [4.69, 9.17) is 4.43 Å². The van der Waals surface area contributed by atoms with E-state index in [9.17, 15) is 4.79 Å². The molecule has 1 aliphatic rings. The van der Waals surface area contributed by atoms with E-state index in [1.54, 1.807) is 6.92 Å². The van der Waals surface area contributed by atoms with E-state index in [0.29, 0.717) is 6.61 Å². The van der Waals surface area contributed by atoms with Gasteiger partial charge in [-0.3, -0.25) is 0 Å². The Hall–Kier alpha value is -0.553. The third-order valence-electron chi connectivity index (χ3n) is 1.69. The number of carbonyl (C=O) groups is 1. The molecule has 1 unspecified atom stereocenters. The van der Waals surface area contributed by atoms with Gasteiger partial charge in [-0.05, 0) is 25.9 Å². The van der Waals surface area contributed by atoms with Crippen LogP contribution in [-0.4, -0.2) is 28.3 Å². The lowest BCUT2D eigenvalue weighted by molar-refractivity contribution is 0.163. The van der Waals surface area contributed by atoms with Gasteiger partial charge in [0, 0.05) is 6.61 Å². The monoisotopic (exact) mass is 205 g/mol. The minimum Gasteiger partial charge on any atom is -0.450 e. The molecular weight excluding hydrogens is 186 g/mol. The van der Waals surface area contributed by atoms with Crippen molar-refractivity contribution >= 4 is 15.1 Å². The lowest BCUT2D eigenvalue weighted by Gasteiger charge is -2.16. The van der Waals surface area contributed by atoms with Crippen molar-refractivity contribution in [3.05, 3.63) is 0 Å². The largest absolute Gasteiger partial charge is 0.450 e. The average molecular weight is 205 g/mol. The summed E-state index contributed by atoms with van der Waals surface area (Å²) in [5.41, 5.74) is 4.54. The van der Waals surface area contributed by atoms with Crippen LogP contribution in [0.4, 0.5) is 4.79 Å². The van der Waals surface area contributed by atoms with Crippen molar-refractivity contribution < 1.29 is 14.0 Å². The van der Waals surface area contributed by atoms with Gasteiger partial charge in [-0.2, -0.15) is 0 Å². The SMILES string of the molecule is CCOC(N)=O.C[SiH]1CCCCO1. The van der Waals surface area contributed by atoms with Gasteiger partial charge in [0.05, 0.1) is 6.61 Å². The standard InChI is InChI=1S/C5H12OSi.C3H7NO2/c1-7-5-3-2-4-6-7;1-2-6-3(4)5/h7H,2-5H2,1H3;2H2,1H3,(H2,4,5). The van der Waals surface area contributed by atoms with Gasteiger partial charge in [-0.15, -0.1) is 0 Å². The smallest absolute Gasteiger partial charge is 0.404 e. The van der Waals surface area contributed by atoms with Gasteiger partial charge in [0.15, 0.2) is 9.04 Å². The van der Waals surface area contributed by atoms with Crippen LogP contribution in [0.2, 0.25) is 12.6 Å². The number of hydrogen-bond donors (Lipinski definition) is 1. The van der Waals surface area contributed by atoms with Crippen molar-refractivity contribution in [1.82, 2.24) is 0 Å². The third-order valence-corrected chi connectivity index (χ3v) is 3.72. The second-order valence-electron chi connectivity index (χ2n) is 2.93. The molecule has 1 amide bonds. The summed E-state index contributed by atoms with van der Waals surface area (Å²) in [5, 5.41) is 0. The Morgan fingerprint density at radius 2 is 2.31 bits per heavy atom. The van der Waals surface area contributed by atoms with Gasteiger partial charge in [0.25, 0.3) is 0 Å². The molecule has 13 heavy (non-hydrogen) atoms. The van der Waals surface area contributed by atoms with E-state index >= 15 is 0 Å². The first kappa shape index (κ1) is 12.4. The third kappa shape index (κ3) is 9.36. The Labute approximate surface area is 81.1 Å². The van der Waals surface area contributed by atoms with Crippen LogP contribution in [-0.2, 0) is 9.16 Å². The fourth-order valence-corrected chi connectivity index (χ4v) is 2.64. The number of nitrogens with two attached hydrogens (primary N) is 1. The fourth-order valence-electron chi connectivity index (χ4n) is 1.04. The highest BCUT2D eigenvalue weighted by Crippen LogP contribution is 2.09. The van der Waals surface area contributed by atoms with Crippen molar-refractivity contribution in [2.75, 3.05) is 13.2 Å². The Morgan fingerprint density at radius 1 is 1.62 bits per heavy atom. The molecule has 1 heterocycles. The predicted molar refractivity (Wildman–Crippen MR) is 54.2 cm³/mol. The van der Waals surface area contributed by atoms with Crippen LogP contribution < -0.4 is 5.73 Å². The first-order valence-electron chi connectivity index (χ1n) is 4.70. The van der Waals surface area contributed by atoms with E-state index in [1.165, 1.54) is 18.9 Å². The van der Waals surface area contributed by atoms with Gasteiger partial charge in [-0.1, -0.05) is 6.42 Å². The van der Waals surface area contributed by atoms with E-state index in [1.807, 2.05) is 0 Å². The van der Waals surface area contributed by atoms with Crippen molar-refractivity contribution in [3.8, 4) is 0 Å². The normalized spacial score (nSPS) is 21.2. The lowest BCUT2D eigenvalue weighted by atomic mass is 10.4. The number of amides is 1. The molecule has 0 radical (unpaired) electrons. The Bertz CT molecular complexity index is 137. The van der Waals surface area contributed by atoms with Gasteiger partial charge in [0.2, 0.25) is 0 Å². The van der Waals surface area contributed by atoms with Crippen LogP contribution in [0.5, 0.6) is 0 Å². The average Bonchev–Trinajstić information content (AvgIpc) is 2.06. The van der Waals surface area contributed by atoms with E-state index in [2.05, 4.69) is 17.0 Å². The predicted octanol–water partition coefficient (Wildman–Crippen LogP) is 1.25. The second kappa shape index (κ2) is 8.06. The van der Waals surface area contributed by atoms with E-state index in [0.717, 1.165) is 6.61 Å². The van der Waals surface area contributed by atoms with Crippen molar-refractivity contribution in [3.63, 3.8) is 0 Å². The van der Waals surface area contributed by atoms with E-state index < -0.39 is 15.1 Å². The number of rotatable bonds is 1. The molecular formula is C8H19NO3Si. The molecule has 5 heteroatoms. The number of ether oxygens (including phenoxy) is 1. The number of hydrogen-bond acceptors (Lipinski definition) is 3. The summed E-state index contributed by atoms with van der Waals surface area (Å²) in [4.78, 5) is 9.60. The summed E-state index contributed by atoms with van der Waals surface area (Å²) in [5.74, 6) is 0. The molecule has 2 N–H and O–H groups in total. The first-order chi connectivity index (χ1) is 6.16. The summed E-state index contributed by atoms with van der Waals surface area (Å²) < 4.78 is 9.60. The maximum Gasteiger partial charge on any atom is 0.404 e. The molecule has 0 spiro atoms. The summed E-state index contributed by atoms with van der Waals surface area (Å²) >= 11 is 0. The number of primary amides is 1. The lowest BCUT2D eigenvalue weighted by Crippen LogP contribution is -2.18. The molecule has 1 atom stereocenters. The minimum absolute atomic E-state index is 0.356. The highest BCUT2D eigenvalue weighted by molar-refractivity contribution is 6.50. The molecule has 78 valence electrons. The Balaban J connectivity index is 0.000000226. The fraction of sp³-hybridized carbons (Fsp3) is 0.875. The quantitative estimate of drug-likeness (QED) is 0.655. The second-order valence-corrected chi connectivity index (χ2v) is 5.46. The topological polar surface area (TPSA) is 61.5 Å². The molecule has 1 saturated heterocycles. The molecule has 0 aromatic rings. The molecule has 1 fully saturated rings. The Kier molecular flexibility index (Phi) is 7.72. The highest BCUT2D eigenvalue weighted by atomic mass is 28.3. The molecule has 4 nitrogen and oxygen atoms in total. The summed E-state index contributed by atoms with van der Waals surface area (Å²) in [6, 6.07) is 1.40. The van der Waals surface area contributed by atoms with Crippen molar-refractivity contribution in [2.24, 2.45) is 5.73 Å². The van der Waals surface area contributed by atoms with Crippen LogP contribution in [0.15, 0.2) is 0 Å². The summed E-state index contributed by atoms with van der Waals surface area (Å²) in [6.07, 6.45) is 2.02. The maximum absolute atomic E-state index is 9.60. The van der Waals surface area contributed by atoms with Gasteiger partial charge in [-0.25, -0.2) is 4.79 Å². The van der Waals surface area contributed by atoms with Crippen LogP contribution >= 0.6 is 0 Å². The van der Waals surface area contributed by atoms with Crippen LogP contribution in [0.3, 0.4) is 0 Å². The summed E-state index contributed by atoms with van der Waals surface area (Å²) in [6.45, 7) is 5.38. The zero-order valence-electron chi connectivity index (χ0n) is 8.41. The number of carbonyl (C=O) groups excluding carboxylic acids is 1. The zero-order chi connectivity index (χ0) is 10.1. The maximum atomic E-state index is 9.60. The molecule has 0 bridgehead atoms. The van der Waals surface area contributed by atoms with Crippen molar-refractivity contribution in [2.45, 2.75) is 32.4 Å². The molecule has 1 aliphatic heterocycles. The molecule has 0 aromatic carbocycles. The van der Waals surface area contributed by atoms with Crippen LogP contribution in [0.25, 0.3) is 0 Å². The van der Waals surface area contributed by atoms with Gasteiger partial charge in [0.1, 0.15) is 0 Å². The van der Waals surface area contributed by atoms with E-state index in [-0.39, 0.29) is 0 Å². The molecule has 0 saturated carbocycles. The van der Waals surface area contributed by atoms with Crippen LogP contribution in [0.1, 0.15) is 19.8 Å². The van der Waals surface area contributed by atoms with Crippen molar-refractivity contribution in [1.29, 1.82) is 0 Å². The first-order valence-corrected chi connectivity index (χ1v) is 7.15. The minimum atomic E-state index is -0.711. The van der Waals surface area contributed by atoms with Crippen LogP contribution in [0, 0.1) is 0 Å². The molecule has 0 aliphatic carbocycles. The Morgan fingerprint density at radius 3 is 2.46 bits per heavy atom. The van der Waals surface area contributed by atoms with Gasteiger partial charge < -0.3 is 14.9 Å². The molecule has 0 aromatic heterocycles. The van der Waals surface area contributed by atoms with Gasteiger partial charge >= 0.3 is 6.09 Å². The molecule has 1 rings (SSSR count). The highest BCUT2D eigenvalue weighted by Gasteiger charge is 2.08. The summed E-state index contributed by atoms with van der Waals surface area (Å²) in [7, 11) is -0.595. The zero-order valence-corrected chi connectivity index (χ0v) is 9.57.